The first-order valence-corrected chi connectivity index (χ1v) is 9.81. The average molecular weight is 391 g/mol. The standard InChI is InChI=1S/C22H25N5O2/c1-12(2)29-18-9-7-6-8-16(18)17-11-19(28)25-21-20(17)15(5)26-27(21)22-23-13(3)10-14(4)24-22/h6-10,12,17H,11H2,1-5H3,(H,25,28)/t17-/m1/s1. The molecule has 0 bridgehead atoms. The number of carbonyl (C=O) groups is 1. The van der Waals surface area contributed by atoms with Crippen molar-refractivity contribution in [2.45, 2.75) is 53.1 Å². The lowest BCUT2D eigenvalue weighted by molar-refractivity contribution is -0.116. The number of aryl methyl sites for hydroxylation is 3. The van der Waals surface area contributed by atoms with Crippen molar-refractivity contribution in [2.75, 3.05) is 5.32 Å². The Kier molecular flexibility index (Phi) is 4.82. The van der Waals surface area contributed by atoms with Gasteiger partial charge in [-0.25, -0.2) is 9.97 Å². The number of amides is 1. The van der Waals surface area contributed by atoms with Crippen molar-refractivity contribution in [2.24, 2.45) is 0 Å². The summed E-state index contributed by atoms with van der Waals surface area (Å²) in [7, 11) is 0. The monoisotopic (exact) mass is 391 g/mol. The number of hydrogen-bond donors (Lipinski definition) is 1. The van der Waals surface area contributed by atoms with Gasteiger partial charge in [-0.2, -0.15) is 9.78 Å². The molecular formula is C22H25N5O2. The van der Waals surface area contributed by atoms with Gasteiger partial charge in [-0.1, -0.05) is 18.2 Å². The summed E-state index contributed by atoms with van der Waals surface area (Å²) in [6, 6.07) is 9.81. The maximum Gasteiger partial charge on any atom is 0.252 e. The van der Waals surface area contributed by atoms with Gasteiger partial charge >= 0.3 is 0 Å². The van der Waals surface area contributed by atoms with Crippen molar-refractivity contribution in [3.8, 4) is 11.7 Å². The Morgan fingerprint density at radius 2 is 1.83 bits per heavy atom. The minimum atomic E-state index is -0.145. The SMILES string of the molecule is Cc1cc(C)nc(-n2nc(C)c3c2NC(=O)C[C@@H]3c2ccccc2OC(C)C)n1. The van der Waals surface area contributed by atoms with Gasteiger partial charge < -0.3 is 10.1 Å². The number of aromatic nitrogens is 4. The Morgan fingerprint density at radius 1 is 1.14 bits per heavy atom. The molecule has 0 saturated heterocycles. The largest absolute Gasteiger partial charge is 0.491 e. The van der Waals surface area contributed by atoms with Gasteiger partial charge in [0.05, 0.1) is 11.8 Å². The zero-order valence-electron chi connectivity index (χ0n) is 17.4. The molecule has 1 aliphatic heterocycles. The molecule has 4 rings (SSSR count). The van der Waals surface area contributed by atoms with E-state index in [0.717, 1.165) is 34.0 Å². The summed E-state index contributed by atoms with van der Waals surface area (Å²) >= 11 is 0. The van der Waals surface area contributed by atoms with Crippen LogP contribution in [0.5, 0.6) is 5.75 Å². The molecule has 29 heavy (non-hydrogen) atoms. The van der Waals surface area contributed by atoms with E-state index in [0.29, 0.717) is 18.2 Å². The quantitative estimate of drug-likeness (QED) is 0.730. The maximum absolute atomic E-state index is 12.6. The van der Waals surface area contributed by atoms with Crippen LogP contribution in [0, 0.1) is 20.8 Å². The van der Waals surface area contributed by atoms with Gasteiger partial charge in [-0.3, -0.25) is 4.79 Å². The lowest BCUT2D eigenvalue weighted by Crippen LogP contribution is -2.25. The van der Waals surface area contributed by atoms with Crippen molar-refractivity contribution in [3.63, 3.8) is 0 Å². The van der Waals surface area contributed by atoms with E-state index in [9.17, 15) is 4.79 Å². The number of ether oxygens (including phenoxy) is 1. The van der Waals surface area contributed by atoms with E-state index in [2.05, 4.69) is 20.4 Å². The average Bonchev–Trinajstić information content (AvgIpc) is 2.97. The molecule has 1 atom stereocenters. The summed E-state index contributed by atoms with van der Waals surface area (Å²) in [5.41, 5.74) is 4.51. The third-order valence-corrected chi connectivity index (χ3v) is 4.92. The fraction of sp³-hybridized carbons (Fsp3) is 0.364. The number of rotatable bonds is 4. The smallest absolute Gasteiger partial charge is 0.252 e. The number of nitrogens with zero attached hydrogens (tertiary/aromatic N) is 4. The summed E-state index contributed by atoms with van der Waals surface area (Å²) in [5, 5.41) is 7.67. The summed E-state index contributed by atoms with van der Waals surface area (Å²) in [5.74, 6) is 1.68. The molecule has 3 aromatic rings. The van der Waals surface area contributed by atoms with Crippen LogP contribution in [-0.4, -0.2) is 31.8 Å². The number of hydrogen-bond acceptors (Lipinski definition) is 5. The molecule has 3 heterocycles. The van der Waals surface area contributed by atoms with Crippen molar-refractivity contribution in [1.82, 2.24) is 19.7 Å². The second kappa shape index (κ2) is 7.31. The third kappa shape index (κ3) is 3.60. The molecular weight excluding hydrogens is 366 g/mol. The van der Waals surface area contributed by atoms with Crippen LogP contribution in [-0.2, 0) is 4.79 Å². The molecule has 0 fully saturated rings. The summed E-state index contributed by atoms with van der Waals surface area (Å²) in [6.45, 7) is 9.78. The van der Waals surface area contributed by atoms with E-state index in [1.165, 1.54) is 0 Å². The Balaban J connectivity index is 1.87. The van der Waals surface area contributed by atoms with Gasteiger partial charge in [-0.15, -0.1) is 0 Å². The molecule has 0 aliphatic carbocycles. The molecule has 1 aromatic carbocycles. The molecule has 0 spiro atoms. The van der Waals surface area contributed by atoms with Crippen molar-refractivity contribution < 1.29 is 9.53 Å². The number of carbonyl (C=O) groups excluding carboxylic acids is 1. The zero-order valence-corrected chi connectivity index (χ0v) is 17.4. The normalized spacial score (nSPS) is 15.9. The summed E-state index contributed by atoms with van der Waals surface area (Å²) in [4.78, 5) is 21.7. The summed E-state index contributed by atoms with van der Waals surface area (Å²) in [6.07, 6.45) is 0.381. The highest BCUT2D eigenvalue weighted by Gasteiger charge is 2.34. The highest BCUT2D eigenvalue weighted by Crippen LogP contribution is 2.43. The van der Waals surface area contributed by atoms with Gasteiger partial charge in [0, 0.05) is 34.9 Å². The van der Waals surface area contributed by atoms with E-state index in [4.69, 9.17) is 4.74 Å². The molecule has 0 saturated carbocycles. The van der Waals surface area contributed by atoms with Gasteiger partial charge in [0.1, 0.15) is 11.6 Å². The Hall–Kier alpha value is -3.22. The zero-order chi connectivity index (χ0) is 20.7. The fourth-order valence-electron chi connectivity index (χ4n) is 3.89. The highest BCUT2D eigenvalue weighted by atomic mass is 16.5. The maximum atomic E-state index is 12.6. The first-order chi connectivity index (χ1) is 13.8. The lowest BCUT2D eigenvalue weighted by Gasteiger charge is -2.26. The van der Waals surface area contributed by atoms with Gasteiger partial charge in [0.15, 0.2) is 0 Å². The van der Waals surface area contributed by atoms with Gasteiger partial charge in [0.25, 0.3) is 5.95 Å². The van der Waals surface area contributed by atoms with Crippen LogP contribution >= 0.6 is 0 Å². The number of anilines is 1. The van der Waals surface area contributed by atoms with Crippen LogP contribution in [0.2, 0.25) is 0 Å². The fourth-order valence-corrected chi connectivity index (χ4v) is 3.89. The second-order valence-electron chi connectivity index (χ2n) is 7.72. The van der Waals surface area contributed by atoms with E-state index < -0.39 is 0 Å². The number of nitrogens with one attached hydrogen (secondary N) is 1. The van der Waals surface area contributed by atoms with Crippen LogP contribution in [0.15, 0.2) is 30.3 Å². The number of benzene rings is 1. The topological polar surface area (TPSA) is 81.9 Å². The molecule has 0 radical (unpaired) electrons. The molecule has 7 nitrogen and oxygen atoms in total. The van der Waals surface area contributed by atoms with E-state index in [1.54, 1.807) is 4.68 Å². The van der Waals surface area contributed by atoms with Crippen LogP contribution in [0.1, 0.15) is 54.4 Å². The Labute approximate surface area is 170 Å². The molecule has 1 N–H and O–H groups in total. The predicted octanol–water partition coefficient (Wildman–Crippen LogP) is 3.85. The number of fused-ring (bicyclic) bond motifs is 1. The first-order valence-electron chi connectivity index (χ1n) is 9.81. The Bertz CT molecular complexity index is 1070. The summed E-state index contributed by atoms with van der Waals surface area (Å²) < 4.78 is 7.67. The van der Waals surface area contributed by atoms with Crippen LogP contribution in [0.25, 0.3) is 5.95 Å². The molecule has 150 valence electrons. The van der Waals surface area contributed by atoms with E-state index >= 15 is 0 Å². The van der Waals surface area contributed by atoms with Gasteiger partial charge in [-0.05, 0) is 46.8 Å². The van der Waals surface area contributed by atoms with Crippen LogP contribution in [0.3, 0.4) is 0 Å². The lowest BCUT2D eigenvalue weighted by atomic mass is 9.85. The van der Waals surface area contributed by atoms with Gasteiger partial charge in [0.2, 0.25) is 5.91 Å². The van der Waals surface area contributed by atoms with Crippen molar-refractivity contribution in [3.05, 3.63) is 58.5 Å². The predicted molar refractivity (Wildman–Crippen MR) is 111 cm³/mol. The minimum absolute atomic E-state index is 0.0422. The molecule has 1 amide bonds. The molecule has 2 aromatic heterocycles. The van der Waals surface area contributed by atoms with Crippen molar-refractivity contribution >= 4 is 11.7 Å². The Morgan fingerprint density at radius 3 is 2.52 bits per heavy atom. The van der Waals surface area contributed by atoms with E-state index in [-0.39, 0.29) is 17.9 Å². The highest BCUT2D eigenvalue weighted by molar-refractivity contribution is 5.95. The minimum Gasteiger partial charge on any atom is -0.491 e. The first kappa shape index (κ1) is 19.1. The van der Waals surface area contributed by atoms with Crippen LogP contribution in [0.4, 0.5) is 5.82 Å². The molecule has 0 unspecified atom stereocenters. The molecule has 7 heteroatoms. The number of para-hydroxylation sites is 1. The third-order valence-electron chi connectivity index (χ3n) is 4.92. The molecule has 1 aliphatic rings. The van der Waals surface area contributed by atoms with Crippen LogP contribution < -0.4 is 10.1 Å². The van der Waals surface area contributed by atoms with E-state index in [1.807, 2.05) is 65.0 Å². The van der Waals surface area contributed by atoms with Crippen molar-refractivity contribution in [1.29, 1.82) is 0 Å². The second-order valence-corrected chi connectivity index (χ2v) is 7.72.